The van der Waals surface area contributed by atoms with Crippen molar-refractivity contribution in [2.24, 2.45) is 5.10 Å². The molecule has 3 aromatic rings. The number of carbonyl (C=O) groups is 2. The van der Waals surface area contributed by atoms with Crippen LogP contribution in [0, 0.1) is 0 Å². The quantitative estimate of drug-likeness (QED) is 0.571. The lowest BCUT2D eigenvalue weighted by atomic mass is 9.97. The molecule has 0 saturated carbocycles. The largest absolute Gasteiger partial charge is 0.497 e. The first kappa shape index (κ1) is 23.1. The van der Waals surface area contributed by atoms with E-state index in [1.807, 2.05) is 41.3 Å². The van der Waals surface area contributed by atoms with E-state index in [0.29, 0.717) is 32.6 Å². The highest BCUT2D eigenvalue weighted by Gasteiger charge is 2.34. The fourth-order valence-electron chi connectivity index (χ4n) is 4.85. The molecule has 0 aromatic heterocycles. The minimum atomic E-state index is -0.173. The second-order valence-corrected chi connectivity index (χ2v) is 9.12. The Bertz CT molecular complexity index is 1260. The highest BCUT2D eigenvalue weighted by molar-refractivity contribution is 6.05. The minimum Gasteiger partial charge on any atom is -0.497 e. The van der Waals surface area contributed by atoms with Gasteiger partial charge in [-0.1, -0.05) is 48.5 Å². The van der Waals surface area contributed by atoms with E-state index in [9.17, 15) is 9.59 Å². The summed E-state index contributed by atoms with van der Waals surface area (Å²) in [7, 11) is 1.65. The predicted molar refractivity (Wildman–Crippen MR) is 136 cm³/mol. The van der Waals surface area contributed by atoms with Gasteiger partial charge in [-0.25, -0.2) is 5.01 Å². The highest BCUT2D eigenvalue weighted by atomic mass is 16.5. The van der Waals surface area contributed by atoms with Gasteiger partial charge in [0.1, 0.15) is 5.75 Å². The van der Waals surface area contributed by atoms with Crippen LogP contribution in [-0.2, 0) is 9.59 Å². The zero-order valence-electron chi connectivity index (χ0n) is 20.2. The molecule has 2 heterocycles. The summed E-state index contributed by atoms with van der Waals surface area (Å²) < 4.78 is 5.32. The summed E-state index contributed by atoms with van der Waals surface area (Å²) in [6, 6.07) is 22.3. The van der Waals surface area contributed by atoms with Crippen molar-refractivity contribution in [1.82, 2.24) is 14.8 Å². The Morgan fingerprint density at radius 3 is 2.34 bits per heavy atom. The van der Waals surface area contributed by atoms with Crippen molar-refractivity contribution in [2.75, 3.05) is 39.8 Å². The Labute approximate surface area is 205 Å². The van der Waals surface area contributed by atoms with Gasteiger partial charge in [-0.05, 0) is 40.1 Å². The van der Waals surface area contributed by atoms with E-state index in [0.717, 1.165) is 28.0 Å². The smallest absolute Gasteiger partial charge is 0.257 e. The van der Waals surface area contributed by atoms with Crippen LogP contribution in [0.15, 0.2) is 71.8 Å². The zero-order valence-corrected chi connectivity index (χ0v) is 20.2. The summed E-state index contributed by atoms with van der Waals surface area (Å²) in [6.07, 6.45) is 0.647. The van der Waals surface area contributed by atoms with Crippen molar-refractivity contribution in [2.45, 2.75) is 19.4 Å². The molecule has 0 spiro atoms. The molecule has 0 radical (unpaired) electrons. The number of hydrogen-bond acceptors (Lipinski definition) is 5. The summed E-state index contributed by atoms with van der Waals surface area (Å²) in [6.45, 7) is 4.55. The maximum Gasteiger partial charge on any atom is 0.257 e. The van der Waals surface area contributed by atoms with Crippen molar-refractivity contribution in [3.63, 3.8) is 0 Å². The van der Waals surface area contributed by atoms with Crippen molar-refractivity contribution >= 4 is 28.3 Å². The van der Waals surface area contributed by atoms with Crippen LogP contribution in [0.5, 0.6) is 5.75 Å². The molecular formula is C28H30N4O3. The SMILES string of the molecule is COc1ccc(C2CC(c3ccc4ccccc4c3)=NN2C(=O)CN2CCN(C(C)=O)CC2)cc1. The first-order valence-corrected chi connectivity index (χ1v) is 12.0. The number of fused-ring (bicyclic) bond motifs is 1. The molecule has 0 aliphatic carbocycles. The summed E-state index contributed by atoms with van der Waals surface area (Å²) in [4.78, 5) is 29.1. The van der Waals surface area contributed by atoms with E-state index in [1.165, 1.54) is 5.39 Å². The number of piperazine rings is 1. The second kappa shape index (κ2) is 9.88. The van der Waals surface area contributed by atoms with E-state index >= 15 is 0 Å². The molecule has 3 aromatic carbocycles. The second-order valence-electron chi connectivity index (χ2n) is 9.12. The summed E-state index contributed by atoms with van der Waals surface area (Å²) in [5, 5.41) is 8.84. The van der Waals surface area contributed by atoms with Gasteiger partial charge in [0.25, 0.3) is 5.91 Å². The van der Waals surface area contributed by atoms with Crippen LogP contribution in [0.2, 0.25) is 0 Å². The Morgan fingerprint density at radius 2 is 1.66 bits per heavy atom. The average molecular weight is 471 g/mol. The first-order valence-electron chi connectivity index (χ1n) is 12.0. The monoisotopic (exact) mass is 470 g/mol. The molecule has 0 N–H and O–H groups in total. The number of ether oxygens (including phenoxy) is 1. The van der Waals surface area contributed by atoms with E-state index in [4.69, 9.17) is 9.84 Å². The van der Waals surface area contributed by atoms with Crippen molar-refractivity contribution < 1.29 is 14.3 Å². The molecule has 1 unspecified atom stereocenters. The number of carbonyl (C=O) groups excluding carboxylic acids is 2. The van der Waals surface area contributed by atoms with Gasteiger partial charge in [0.05, 0.1) is 25.4 Å². The van der Waals surface area contributed by atoms with Crippen LogP contribution in [0.25, 0.3) is 10.8 Å². The van der Waals surface area contributed by atoms with Crippen LogP contribution >= 0.6 is 0 Å². The lowest BCUT2D eigenvalue weighted by molar-refractivity contribution is -0.135. The number of benzene rings is 3. The minimum absolute atomic E-state index is 0.0297. The number of hydrazone groups is 1. The third kappa shape index (κ3) is 4.91. The predicted octanol–water partition coefficient (Wildman–Crippen LogP) is 3.69. The van der Waals surface area contributed by atoms with Gasteiger partial charge in [0, 0.05) is 39.5 Å². The Balaban J connectivity index is 1.40. The third-order valence-electron chi connectivity index (χ3n) is 6.93. The number of hydrogen-bond donors (Lipinski definition) is 0. The summed E-state index contributed by atoms with van der Waals surface area (Å²) >= 11 is 0. The van der Waals surface area contributed by atoms with Gasteiger partial charge in [0.2, 0.25) is 5.91 Å². The van der Waals surface area contributed by atoms with Crippen molar-refractivity contribution in [3.05, 3.63) is 77.9 Å². The fraction of sp³-hybridized carbons (Fsp3) is 0.321. The van der Waals surface area contributed by atoms with Gasteiger partial charge in [-0.15, -0.1) is 0 Å². The van der Waals surface area contributed by atoms with E-state index in [1.54, 1.807) is 19.0 Å². The molecule has 35 heavy (non-hydrogen) atoms. The van der Waals surface area contributed by atoms with Crippen LogP contribution < -0.4 is 4.74 Å². The lowest BCUT2D eigenvalue weighted by Gasteiger charge is -2.34. The molecule has 5 rings (SSSR count). The molecule has 1 fully saturated rings. The van der Waals surface area contributed by atoms with E-state index in [2.05, 4.69) is 35.2 Å². The normalized spacial score (nSPS) is 18.6. The number of rotatable bonds is 5. The summed E-state index contributed by atoms with van der Waals surface area (Å²) in [5.41, 5.74) is 2.97. The Hall–Kier alpha value is -3.71. The zero-order chi connectivity index (χ0) is 24.4. The van der Waals surface area contributed by atoms with Gasteiger partial charge in [0.15, 0.2) is 0 Å². The van der Waals surface area contributed by atoms with Gasteiger partial charge in [-0.2, -0.15) is 5.10 Å². The molecule has 2 aliphatic rings. The first-order chi connectivity index (χ1) is 17.0. The van der Waals surface area contributed by atoms with E-state index < -0.39 is 0 Å². The van der Waals surface area contributed by atoms with Crippen molar-refractivity contribution in [3.8, 4) is 5.75 Å². The van der Waals surface area contributed by atoms with Gasteiger partial charge >= 0.3 is 0 Å². The van der Waals surface area contributed by atoms with Crippen LogP contribution in [0.3, 0.4) is 0 Å². The molecular weight excluding hydrogens is 440 g/mol. The van der Waals surface area contributed by atoms with Crippen LogP contribution in [0.1, 0.15) is 30.5 Å². The fourth-order valence-corrected chi connectivity index (χ4v) is 4.85. The molecule has 7 nitrogen and oxygen atoms in total. The molecule has 2 amide bonds. The summed E-state index contributed by atoms with van der Waals surface area (Å²) in [5.74, 6) is 0.834. The molecule has 180 valence electrons. The topological polar surface area (TPSA) is 65.5 Å². The molecule has 1 saturated heterocycles. The maximum atomic E-state index is 13.5. The van der Waals surface area contributed by atoms with Gasteiger partial charge in [-0.3, -0.25) is 14.5 Å². The lowest BCUT2D eigenvalue weighted by Crippen LogP contribution is -2.50. The number of methoxy groups -OCH3 is 1. The average Bonchev–Trinajstić information content (AvgIpc) is 3.34. The van der Waals surface area contributed by atoms with Crippen molar-refractivity contribution in [1.29, 1.82) is 0 Å². The molecule has 1 atom stereocenters. The van der Waals surface area contributed by atoms with Crippen LogP contribution in [0.4, 0.5) is 0 Å². The molecule has 7 heteroatoms. The maximum absolute atomic E-state index is 13.5. The third-order valence-corrected chi connectivity index (χ3v) is 6.93. The Kier molecular flexibility index (Phi) is 6.51. The molecule has 2 aliphatic heterocycles. The highest BCUT2D eigenvalue weighted by Crippen LogP contribution is 2.34. The number of nitrogens with zero attached hydrogens (tertiary/aromatic N) is 4. The number of amides is 2. The Morgan fingerprint density at radius 1 is 0.943 bits per heavy atom. The molecule has 0 bridgehead atoms. The van der Waals surface area contributed by atoms with E-state index in [-0.39, 0.29) is 24.4 Å². The van der Waals surface area contributed by atoms with Crippen LogP contribution in [-0.4, -0.2) is 72.2 Å². The van der Waals surface area contributed by atoms with Gasteiger partial charge < -0.3 is 9.64 Å². The standard InChI is InChI=1S/C28H30N4O3/c1-20(33)31-15-13-30(14-16-31)19-28(34)32-27(22-9-11-25(35-2)12-10-22)18-26(29-32)24-8-7-21-5-3-4-6-23(21)17-24/h3-12,17,27H,13-16,18-19H2,1-2H3.